The predicted molar refractivity (Wildman–Crippen MR) is 86.5 cm³/mol. The Balaban J connectivity index is 1.68. The molecule has 22 heavy (non-hydrogen) atoms. The number of hydrogen-bond donors (Lipinski definition) is 2. The molecule has 1 heterocycles. The molecule has 118 valence electrons. The Morgan fingerprint density at radius 3 is 2.64 bits per heavy atom. The van der Waals surface area contributed by atoms with Crippen molar-refractivity contribution in [3.8, 4) is 0 Å². The van der Waals surface area contributed by atoms with Crippen molar-refractivity contribution >= 4 is 17.4 Å². The second-order valence-corrected chi connectivity index (χ2v) is 6.21. The molecule has 0 aliphatic carbocycles. The first kappa shape index (κ1) is 16.4. The van der Waals surface area contributed by atoms with Crippen LogP contribution < -0.4 is 10.6 Å². The summed E-state index contributed by atoms with van der Waals surface area (Å²) in [7, 11) is 0. The lowest BCUT2D eigenvalue weighted by Gasteiger charge is -2.07. The zero-order chi connectivity index (χ0) is 15.9. The van der Waals surface area contributed by atoms with E-state index in [9.17, 15) is 9.18 Å². The summed E-state index contributed by atoms with van der Waals surface area (Å²) in [5.41, 5.74) is 1.87. The predicted octanol–water partition coefficient (Wildman–Crippen LogP) is 3.45. The molecular formula is C16H20FN3OS. The standard InChI is InChI=1S/C16H20FN3OS/c1-11(2)15-20-14(10-22-15)7-8-18-16(21)19-9-12-3-5-13(17)6-4-12/h3-6,10-11H,7-9H2,1-2H3,(H2,18,19,21). The third kappa shape index (κ3) is 5.11. The van der Waals surface area contributed by atoms with Crippen LogP contribution in [0.5, 0.6) is 0 Å². The normalized spacial score (nSPS) is 10.7. The van der Waals surface area contributed by atoms with Crippen molar-refractivity contribution in [3.63, 3.8) is 0 Å². The fraction of sp³-hybridized carbons (Fsp3) is 0.375. The van der Waals surface area contributed by atoms with Crippen LogP contribution in [0.25, 0.3) is 0 Å². The van der Waals surface area contributed by atoms with Crippen LogP contribution in [0, 0.1) is 5.82 Å². The summed E-state index contributed by atoms with van der Waals surface area (Å²) in [6.45, 7) is 5.14. The molecule has 1 aromatic carbocycles. The summed E-state index contributed by atoms with van der Waals surface area (Å²) in [6, 6.07) is 5.83. The van der Waals surface area contributed by atoms with Gasteiger partial charge in [0.15, 0.2) is 0 Å². The van der Waals surface area contributed by atoms with Crippen LogP contribution in [0.3, 0.4) is 0 Å². The van der Waals surface area contributed by atoms with Gasteiger partial charge in [0.05, 0.1) is 10.7 Å². The Hall–Kier alpha value is -1.95. The van der Waals surface area contributed by atoms with Crippen molar-refractivity contribution in [1.82, 2.24) is 15.6 Å². The van der Waals surface area contributed by atoms with E-state index in [4.69, 9.17) is 0 Å². The van der Waals surface area contributed by atoms with Gasteiger partial charge in [-0.2, -0.15) is 0 Å². The molecule has 0 fully saturated rings. The molecule has 1 aromatic heterocycles. The Morgan fingerprint density at radius 2 is 2.00 bits per heavy atom. The van der Waals surface area contributed by atoms with Crippen LogP contribution >= 0.6 is 11.3 Å². The minimum Gasteiger partial charge on any atom is -0.338 e. The fourth-order valence-corrected chi connectivity index (χ4v) is 2.72. The zero-order valence-electron chi connectivity index (χ0n) is 12.7. The molecule has 0 saturated carbocycles. The largest absolute Gasteiger partial charge is 0.338 e. The van der Waals surface area contributed by atoms with Gasteiger partial charge < -0.3 is 10.6 Å². The lowest BCUT2D eigenvalue weighted by atomic mass is 10.2. The first-order valence-corrected chi connectivity index (χ1v) is 8.13. The summed E-state index contributed by atoms with van der Waals surface area (Å²) >= 11 is 1.66. The van der Waals surface area contributed by atoms with Crippen molar-refractivity contribution in [3.05, 3.63) is 51.7 Å². The summed E-state index contributed by atoms with van der Waals surface area (Å²) in [5, 5.41) is 8.69. The molecule has 0 atom stereocenters. The molecule has 0 radical (unpaired) electrons. The average Bonchev–Trinajstić information content (AvgIpc) is 2.96. The van der Waals surface area contributed by atoms with E-state index in [1.54, 1.807) is 23.5 Å². The van der Waals surface area contributed by atoms with Crippen molar-refractivity contribution in [2.45, 2.75) is 32.7 Å². The van der Waals surface area contributed by atoms with E-state index in [0.29, 0.717) is 25.4 Å². The molecular weight excluding hydrogens is 301 g/mol. The summed E-state index contributed by atoms with van der Waals surface area (Å²) in [5.74, 6) is 0.156. The van der Waals surface area contributed by atoms with Gasteiger partial charge >= 0.3 is 6.03 Å². The molecule has 0 saturated heterocycles. The van der Waals surface area contributed by atoms with E-state index in [-0.39, 0.29) is 11.8 Å². The van der Waals surface area contributed by atoms with Gasteiger partial charge in [-0.25, -0.2) is 14.2 Å². The molecule has 2 aromatic rings. The number of carbonyl (C=O) groups excluding carboxylic acids is 1. The van der Waals surface area contributed by atoms with Crippen LogP contribution in [0.1, 0.15) is 36.0 Å². The van der Waals surface area contributed by atoms with Crippen molar-refractivity contribution in [2.75, 3.05) is 6.54 Å². The molecule has 0 unspecified atom stereocenters. The maximum Gasteiger partial charge on any atom is 0.315 e. The molecule has 2 N–H and O–H groups in total. The van der Waals surface area contributed by atoms with Crippen LogP contribution in [0.4, 0.5) is 9.18 Å². The quantitative estimate of drug-likeness (QED) is 0.856. The first-order valence-electron chi connectivity index (χ1n) is 7.25. The number of amides is 2. The number of thiazole rings is 1. The minimum atomic E-state index is -0.280. The number of hydrogen-bond acceptors (Lipinski definition) is 3. The molecule has 0 bridgehead atoms. The molecule has 0 aliphatic heterocycles. The van der Waals surface area contributed by atoms with E-state index < -0.39 is 0 Å². The summed E-state index contributed by atoms with van der Waals surface area (Å²) in [6.07, 6.45) is 0.715. The lowest BCUT2D eigenvalue weighted by Crippen LogP contribution is -2.36. The molecule has 2 amide bonds. The third-order valence-electron chi connectivity index (χ3n) is 3.10. The van der Waals surface area contributed by atoms with E-state index in [1.807, 2.05) is 5.38 Å². The van der Waals surface area contributed by atoms with Crippen molar-refractivity contribution in [1.29, 1.82) is 0 Å². The highest BCUT2D eigenvalue weighted by Crippen LogP contribution is 2.19. The highest BCUT2D eigenvalue weighted by Gasteiger charge is 2.06. The molecule has 2 rings (SSSR count). The van der Waals surface area contributed by atoms with Gasteiger partial charge in [0, 0.05) is 30.8 Å². The molecule has 4 nitrogen and oxygen atoms in total. The van der Waals surface area contributed by atoms with Gasteiger partial charge in [0.1, 0.15) is 5.82 Å². The number of urea groups is 1. The Kier molecular flexibility index (Phi) is 5.89. The second kappa shape index (κ2) is 7.89. The second-order valence-electron chi connectivity index (χ2n) is 5.32. The topological polar surface area (TPSA) is 54.0 Å². The lowest BCUT2D eigenvalue weighted by molar-refractivity contribution is 0.240. The average molecular weight is 321 g/mol. The van der Waals surface area contributed by atoms with Gasteiger partial charge in [-0.1, -0.05) is 26.0 Å². The summed E-state index contributed by atoms with van der Waals surface area (Å²) < 4.78 is 12.8. The van der Waals surface area contributed by atoms with Gasteiger partial charge in [-0.3, -0.25) is 0 Å². The monoisotopic (exact) mass is 321 g/mol. The fourth-order valence-electron chi connectivity index (χ4n) is 1.85. The van der Waals surface area contributed by atoms with Crippen LogP contribution in [0.2, 0.25) is 0 Å². The van der Waals surface area contributed by atoms with Crippen LogP contribution in [-0.2, 0) is 13.0 Å². The number of carbonyl (C=O) groups is 1. The smallest absolute Gasteiger partial charge is 0.315 e. The SMILES string of the molecule is CC(C)c1nc(CCNC(=O)NCc2ccc(F)cc2)cs1. The van der Waals surface area contributed by atoms with Crippen LogP contribution in [-0.4, -0.2) is 17.6 Å². The Labute approximate surface area is 133 Å². The highest BCUT2D eigenvalue weighted by molar-refractivity contribution is 7.09. The van der Waals surface area contributed by atoms with Crippen molar-refractivity contribution < 1.29 is 9.18 Å². The first-order chi connectivity index (χ1) is 10.5. The van der Waals surface area contributed by atoms with Crippen LogP contribution in [0.15, 0.2) is 29.6 Å². The van der Waals surface area contributed by atoms with Gasteiger partial charge in [-0.15, -0.1) is 11.3 Å². The van der Waals surface area contributed by atoms with Crippen molar-refractivity contribution in [2.24, 2.45) is 0 Å². The Morgan fingerprint density at radius 1 is 1.27 bits per heavy atom. The summed E-state index contributed by atoms with van der Waals surface area (Å²) in [4.78, 5) is 16.2. The number of nitrogens with zero attached hydrogens (tertiary/aromatic N) is 1. The number of rotatable bonds is 6. The number of aromatic nitrogens is 1. The number of benzene rings is 1. The van der Waals surface area contributed by atoms with Gasteiger partial charge in [0.2, 0.25) is 0 Å². The third-order valence-corrected chi connectivity index (χ3v) is 4.29. The van der Waals surface area contributed by atoms with Gasteiger partial charge in [-0.05, 0) is 17.7 Å². The van der Waals surface area contributed by atoms with Gasteiger partial charge in [0.25, 0.3) is 0 Å². The maximum atomic E-state index is 12.8. The molecule has 6 heteroatoms. The molecule has 0 spiro atoms. The Bertz CT molecular complexity index is 610. The minimum absolute atomic E-state index is 0.233. The number of halogens is 1. The number of nitrogens with one attached hydrogen (secondary N) is 2. The maximum absolute atomic E-state index is 12.8. The van der Waals surface area contributed by atoms with E-state index >= 15 is 0 Å². The zero-order valence-corrected chi connectivity index (χ0v) is 13.5. The van der Waals surface area contributed by atoms with E-state index in [1.165, 1.54) is 12.1 Å². The van der Waals surface area contributed by atoms with E-state index in [0.717, 1.165) is 16.3 Å². The van der Waals surface area contributed by atoms with E-state index in [2.05, 4.69) is 29.5 Å². The molecule has 0 aliphatic rings. The highest BCUT2D eigenvalue weighted by atomic mass is 32.1.